The molecule has 1 amide bonds. The van der Waals surface area contributed by atoms with E-state index < -0.39 is 0 Å². The lowest BCUT2D eigenvalue weighted by Crippen LogP contribution is -2.42. The van der Waals surface area contributed by atoms with Gasteiger partial charge in [-0.25, -0.2) is 4.99 Å². The van der Waals surface area contributed by atoms with E-state index in [-0.39, 0.29) is 12.0 Å². The fourth-order valence-electron chi connectivity index (χ4n) is 3.93. The van der Waals surface area contributed by atoms with Gasteiger partial charge in [0.15, 0.2) is 5.96 Å². The number of carbonyl (C=O) groups is 1. The molecule has 2 heterocycles. The Hall–Kier alpha value is -3.02. The quantitative estimate of drug-likeness (QED) is 0.548. The van der Waals surface area contributed by atoms with Crippen LogP contribution in [0.3, 0.4) is 0 Å². The number of hydrogen-bond acceptors (Lipinski definition) is 3. The maximum Gasteiger partial charge on any atom is 0.222 e. The van der Waals surface area contributed by atoms with Crippen LogP contribution in [0.5, 0.6) is 5.75 Å². The number of ether oxygens (including phenoxy) is 1. The van der Waals surface area contributed by atoms with Crippen molar-refractivity contribution in [3.8, 4) is 5.75 Å². The van der Waals surface area contributed by atoms with Gasteiger partial charge in [-0.3, -0.25) is 4.79 Å². The number of aliphatic imine (C=N–C) groups is 1. The van der Waals surface area contributed by atoms with Crippen LogP contribution in [0.1, 0.15) is 36.5 Å². The number of guanidine groups is 1. The van der Waals surface area contributed by atoms with Crippen molar-refractivity contribution in [2.24, 2.45) is 4.99 Å². The Kier molecular flexibility index (Phi) is 6.52. The van der Waals surface area contributed by atoms with Crippen LogP contribution in [0, 0.1) is 0 Å². The van der Waals surface area contributed by atoms with Crippen molar-refractivity contribution in [3.05, 3.63) is 65.2 Å². The highest BCUT2D eigenvalue weighted by Gasteiger charge is 2.22. The molecule has 2 aliphatic rings. The number of para-hydroxylation sites is 1. The minimum atomic E-state index is 0.124. The summed E-state index contributed by atoms with van der Waals surface area (Å²) in [6.07, 6.45) is 2.71. The van der Waals surface area contributed by atoms with E-state index in [9.17, 15) is 4.79 Å². The van der Waals surface area contributed by atoms with Crippen LogP contribution in [-0.2, 0) is 24.3 Å². The minimum absolute atomic E-state index is 0.124. The lowest BCUT2D eigenvalue weighted by Gasteiger charge is -2.16. The number of nitrogens with one attached hydrogen (secondary N) is 2. The second-order valence-electron chi connectivity index (χ2n) is 7.86. The lowest BCUT2D eigenvalue weighted by atomic mass is 10.1. The molecule has 158 valence electrons. The number of nitrogens with zero attached hydrogens (tertiary/aromatic N) is 2. The molecule has 2 aliphatic heterocycles. The van der Waals surface area contributed by atoms with E-state index in [2.05, 4.69) is 54.0 Å². The standard InChI is InChI=1S/C24H30N4O2/c1-2-25-24(27-16-21-14-20-6-3-4-7-22(20)30-21)26-15-18-9-11-19(12-10-18)17-28-13-5-8-23(28)29/h3-4,6-7,9-12,21H,2,5,8,13-17H2,1H3,(H2,25,26,27). The van der Waals surface area contributed by atoms with Crippen molar-refractivity contribution in [2.75, 3.05) is 19.6 Å². The first-order valence-corrected chi connectivity index (χ1v) is 10.8. The first-order chi connectivity index (χ1) is 14.7. The fraction of sp³-hybridized carbons (Fsp3) is 0.417. The third-order valence-electron chi connectivity index (χ3n) is 5.54. The molecule has 6 nitrogen and oxygen atoms in total. The van der Waals surface area contributed by atoms with Crippen molar-refractivity contribution in [2.45, 2.75) is 45.4 Å². The number of rotatable bonds is 7. The van der Waals surface area contributed by atoms with Gasteiger partial charge in [0.2, 0.25) is 5.91 Å². The van der Waals surface area contributed by atoms with Gasteiger partial charge in [0.1, 0.15) is 11.9 Å². The Labute approximate surface area is 178 Å². The van der Waals surface area contributed by atoms with E-state index >= 15 is 0 Å². The van der Waals surface area contributed by atoms with E-state index in [1.807, 2.05) is 17.0 Å². The van der Waals surface area contributed by atoms with Gasteiger partial charge in [0, 0.05) is 32.5 Å². The highest BCUT2D eigenvalue weighted by molar-refractivity contribution is 5.79. The van der Waals surface area contributed by atoms with E-state index in [0.717, 1.165) is 43.2 Å². The zero-order valence-corrected chi connectivity index (χ0v) is 17.6. The molecule has 4 rings (SSSR count). The summed E-state index contributed by atoms with van der Waals surface area (Å²) >= 11 is 0. The van der Waals surface area contributed by atoms with Gasteiger partial charge in [-0.15, -0.1) is 0 Å². The van der Waals surface area contributed by atoms with Gasteiger partial charge in [0.05, 0.1) is 13.1 Å². The monoisotopic (exact) mass is 406 g/mol. The molecule has 2 aromatic rings. The smallest absolute Gasteiger partial charge is 0.222 e. The number of amides is 1. The summed E-state index contributed by atoms with van der Waals surface area (Å²) in [5.74, 6) is 2.05. The molecule has 6 heteroatoms. The SMILES string of the molecule is CCNC(=NCc1ccc(CN2CCCC2=O)cc1)NCC1Cc2ccccc2O1. The molecule has 0 aromatic heterocycles. The number of carbonyl (C=O) groups excluding carboxylic acids is 1. The number of likely N-dealkylation sites (tertiary alicyclic amines) is 1. The van der Waals surface area contributed by atoms with Crippen molar-refractivity contribution >= 4 is 11.9 Å². The first-order valence-electron chi connectivity index (χ1n) is 10.8. The molecule has 1 saturated heterocycles. The molecular formula is C24H30N4O2. The Balaban J connectivity index is 1.28. The number of fused-ring (bicyclic) bond motifs is 1. The Morgan fingerprint density at radius 3 is 2.67 bits per heavy atom. The zero-order valence-electron chi connectivity index (χ0n) is 17.6. The fourth-order valence-corrected chi connectivity index (χ4v) is 3.93. The summed E-state index contributed by atoms with van der Waals surface area (Å²) in [5, 5.41) is 6.70. The molecule has 30 heavy (non-hydrogen) atoms. The predicted octanol–water partition coefficient (Wildman–Crippen LogP) is 2.87. The van der Waals surface area contributed by atoms with Gasteiger partial charge in [-0.1, -0.05) is 42.5 Å². The average Bonchev–Trinajstić information content (AvgIpc) is 3.36. The Bertz CT molecular complexity index is 869. The third-order valence-corrected chi connectivity index (χ3v) is 5.54. The van der Waals surface area contributed by atoms with E-state index in [4.69, 9.17) is 9.73 Å². The summed E-state index contributed by atoms with van der Waals surface area (Å²) in [4.78, 5) is 18.4. The van der Waals surface area contributed by atoms with Gasteiger partial charge in [0.25, 0.3) is 0 Å². The average molecular weight is 407 g/mol. The van der Waals surface area contributed by atoms with Crippen molar-refractivity contribution in [3.63, 3.8) is 0 Å². The summed E-state index contributed by atoms with van der Waals surface area (Å²) in [6, 6.07) is 16.6. The summed E-state index contributed by atoms with van der Waals surface area (Å²) < 4.78 is 6.00. The molecule has 2 aromatic carbocycles. The molecule has 1 fully saturated rings. The molecule has 0 spiro atoms. The van der Waals surface area contributed by atoms with E-state index in [0.29, 0.717) is 26.1 Å². The van der Waals surface area contributed by atoms with Crippen LogP contribution in [-0.4, -0.2) is 42.5 Å². The third kappa shape index (κ3) is 5.12. The topological polar surface area (TPSA) is 66.0 Å². The highest BCUT2D eigenvalue weighted by Crippen LogP contribution is 2.27. The van der Waals surface area contributed by atoms with Gasteiger partial charge in [-0.05, 0) is 36.1 Å². The maximum atomic E-state index is 11.8. The molecule has 0 saturated carbocycles. The number of hydrogen-bond donors (Lipinski definition) is 2. The molecule has 1 atom stereocenters. The molecule has 0 aliphatic carbocycles. The lowest BCUT2D eigenvalue weighted by molar-refractivity contribution is -0.128. The largest absolute Gasteiger partial charge is 0.488 e. The second-order valence-corrected chi connectivity index (χ2v) is 7.86. The van der Waals surface area contributed by atoms with Crippen LogP contribution in [0.25, 0.3) is 0 Å². The predicted molar refractivity (Wildman–Crippen MR) is 118 cm³/mol. The second kappa shape index (κ2) is 9.65. The summed E-state index contributed by atoms with van der Waals surface area (Å²) in [6.45, 7) is 5.76. The first kappa shape index (κ1) is 20.3. The van der Waals surface area contributed by atoms with Gasteiger partial charge >= 0.3 is 0 Å². The van der Waals surface area contributed by atoms with E-state index in [1.165, 1.54) is 11.1 Å². The maximum absolute atomic E-state index is 11.8. The minimum Gasteiger partial charge on any atom is -0.488 e. The van der Waals surface area contributed by atoms with Gasteiger partial charge in [-0.2, -0.15) is 0 Å². The summed E-state index contributed by atoms with van der Waals surface area (Å²) in [5.41, 5.74) is 3.58. The van der Waals surface area contributed by atoms with Crippen LogP contribution in [0.4, 0.5) is 0 Å². The van der Waals surface area contributed by atoms with Crippen molar-refractivity contribution in [1.82, 2.24) is 15.5 Å². The molecule has 1 unspecified atom stereocenters. The van der Waals surface area contributed by atoms with E-state index in [1.54, 1.807) is 0 Å². The Morgan fingerprint density at radius 2 is 1.93 bits per heavy atom. The van der Waals surface area contributed by atoms with Crippen molar-refractivity contribution < 1.29 is 9.53 Å². The zero-order chi connectivity index (χ0) is 20.8. The van der Waals surface area contributed by atoms with Crippen LogP contribution < -0.4 is 15.4 Å². The number of benzene rings is 2. The Morgan fingerprint density at radius 1 is 1.13 bits per heavy atom. The summed E-state index contributed by atoms with van der Waals surface area (Å²) in [7, 11) is 0. The molecular weight excluding hydrogens is 376 g/mol. The van der Waals surface area contributed by atoms with Gasteiger partial charge < -0.3 is 20.3 Å². The normalized spacial score (nSPS) is 18.3. The van der Waals surface area contributed by atoms with Crippen LogP contribution in [0.2, 0.25) is 0 Å². The highest BCUT2D eigenvalue weighted by atomic mass is 16.5. The van der Waals surface area contributed by atoms with Crippen molar-refractivity contribution in [1.29, 1.82) is 0 Å². The van der Waals surface area contributed by atoms with Crippen LogP contribution in [0.15, 0.2) is 53.5 Å². The molecule has 0 radical (unpaired) electrons. The molecule has 2 N–H and O–H groups in total. The van der Waals surface area contributed by atoms with Crippen LogP contribution >= 0.6 is 0 Å². The molecule has 0 bridgehead atoms.